The van der Waals surface area contributed by atoms with Crippen molar-refractivity contribution in [1.82, 2.24) is 4.31 Å². The summed E-state index contributed by atoms with van der Waals surface area (Å²) in [5.74, 6) is -1.13. The topological polar surface area (TPSA) is 97.5 Å². The van der Waals surface area contributed by atoms with E-state index in [-0.39, 0.29) is 28.6 Å². The number of rotatable bonds is 2. The summed E-state index contributed by atoms with van der Waals surface area (Å²) in [4.78, 5) is -0.137. The zero-order valence-electron chi connectivity index (χ0n) is 10.8. The third kappa shape index (κ3) is 2.79. The first kappa shape index (κ1) is 15.2. The molecule has 0 radical (unpaired) electrons. The zero-order valence-corrected chi connectivity index (χ0v) is 12.4. The molecule has 1 unspecified atom stereocenters. The Bertz CT molecular complexity index is 731. The van der Waals surface area contributed by atoms with E-state index in [0.717, 1.165) is 22.5 Å². The van der Waals surface area contributed by atoms with E-state index in [1.165, 1.54) is 6.92 Å². The highest BCUT2D eigenvalue weighted by Gasteiger charge is 2.36. The van der Waals surface area contributed by atoms with Gasteiger partial charge >= 0.3 is 0 Å². The van der Waals surface area contributed by atoms with Crippen LogP contribution >= 0.6 is 0 Å². The molecule has 2 rings (SSSR count). The molecule has 1 saturated heterocycles. The van der Waals surface area contributed by atoms with E-state index >= 15 is 0 Å². The van der Waals surface area contributed by atoms with Crippen LogP contribution in [-0.4, -0.2) is 45.2 Å². The average Bonchev–Trinajstić information content (AvgIpc) is 2.30. The Labute approximate surface area is 117 Å². The van der Waals surface area contributed by atoms with Crippen molar-refractivity contribution in [3.05, 3.63) is 24.0 Å². The number of halogens is 1. The summed E-state index contributed by atoms with van der Waals surface area (Å²) < 4.78 is 62.0. The second-order valence-corrected chi connectivity index (χ2v) is 8.88. The second kappa shape index (κ2) is 4.97. The van der Waals surface area contributed by atoms with Gasteiger partial charge in [0.2, 0.25) is 10.0 Å². The summed E-state index contributed by atoms with van der Waals surface area (Å²) in [5.41, 5.74) is 5.11. The fourth-order valence-corrected chi connectivity index (χ4v) is 5.59. The molecule has 1 atom stereocenters. The maximum absolute atomic E-state index is 13.1. The molecule has 1 heterocycles. The molecule has 0 amide bonds. The minimum Gasteiger partial charge on any atom is -0.396 e. The first-order valence-electron chi connectivity index (χ1n) is 5.91. The van der Waals surface area contributed by atoms with Gasteiger partial charge in [-0.1, -0.05) is 0 Å². The van der Waals surface area contributed by atoms with Crippen LogP contribution in [0.3, 0.4) is 0 Å². The van der Waals surface area contributed by atoms with Gasteiger partial charge in [0.1, 0.15) is 5.82 Å². The van der Waals surface area contributed by atoms with Crippen LogP contribution in [0, 0.1) is 5.82 Å². The lowest BCUT2D eigenvalue weighted by molar-refractivity contribution is 0.357. The number of benzene rings is 1. The first-order chi connectivity index (χ1) is 9.13. The molecule has 9 heteroatoms. The summed E-state index contributed by atoms with van der Waals surface area (Å²) in [5, 5.41) is 0. The summed E-state index contributed by atoms with van der Waals surface area (Å²) in [7, 11) is -7.09. The minimum atomic E-state index is -3.88. The lowest BCUT2D eigenvalue weighted by Crippen LogP contribution is -2.49. The molecule has 0 spiro atoms. The highest BCUT2D eigenvalue weighted by atomic mass is 32.2. The van der Waals surface area contributed by atoms with Gasteiger partial charge in [0.15, 0.2) is 9.84 Å². The Hall–Kier alpha value is -1.19. The Morgan fingerprint density at radius 1 is 1.40 bits per heavy atom. The van der Waals surface area contributed by atoms with E-state index in [0.29, 0.717) is 0 Å². The highest BCUT2D eigenvalue weighted by molar-refractivity contribution is 7.92. The van der Waals surface area contributed by atoms with Crippen molar-refractivity contribution in [2.45, 2.75) is 17.9 Å². The number of nitrogens with two attached hydrogens (primary N) is 1. The lowest BCUT2D eigenvalue weighted by atomic mass is 10.3. The van der Waals surface area contributed by atoms with Gasteiger partial charge in [-0.3, -0.25) is 0 Å². The van der Waals surface area contributed by atoms with Crippen molar-refractivity contribution in [3.8, 4) is 0 Å². The summed E-state index contributed by atoms with van der Waals surface area (Å²) in [6.45, 7) is 1.42. The summed E-state index contributed by atoms with van der Waals surface area (Å²) in [6.07, 6.45) is 0. The van der Waals surface area contributed by atoms with Gasteiger partial charge in [-0.05, 0) is 25.1 Å². The molecular formula is C11H15FN2O4S2. The van der Waals surface area contributed by atoms with Gasteiger partial charge in [0, 0.05) is 12.6 Å². The van der Waals surface area contributed by atoms with E-state index in [4.69, 9.17) is 5.73 Å². The monoisotopic (exact) mass is 322 g/mol. The molecule has 0 aromatic heterocycles. The van der Waals surface area contributed by atoms with Crippen molar-refractivity contribution in [3.63, 3.8) is 0 Å². The molecule has 2 N–H and O–H groups in total. The van der Waals surface area contributed by atoms with E-state index in [2.05, 4.69) is 0 Å². The molecule has 20 heavy (non-hydrogen) atoms. The van der Waals surface area contributed by atoms with Crippen molar-refractivity contribution in [1.29, 1.82) is 0 Å². The number of sulfone groups is 1. The largest absolute Gasteiger partial charge is 0.396 e. The predicted molar refractivity (Wildman–Crippen MR) is 72.8 cm³/mol. The van der Waals surface area contributed by atoms with Crippen LogP contribution in [0.25, 0.3) is 0 Å². The fraction of sp³-hybridized carbons (Fsp3) is 0.455. The van der Waals surface area contributed by atoms with Crippen LogP contribution in [0.15, 0.2) is 23.1 Å². The van der Waals surface area contributed by atoms with Gasteiger partial charge < -0.3 is 5.73 Å². The van der Waals surface area contributed by atoms with Crippen LogP contribution in [0.1, 0.15) is 6.92 Å². The molecule has 0 aliphatic carbocycles. The van der Waals surface area contributed by atoms with E-state index in [1.807, 2.05) is 0 Å². The van der Waals surface area contributed by atoms with Crippen molar-refractivity contribution in [2.24, 2.45) is 0 Å². The Kier molecular flexibility index (Phi) is 3.78. The minimum absolute atomic E-state index is 0.108. The molecule has 0 bridgehead atoms. The van der Waals surface area contributed by atoms with Crippen LogP contribution in [0.4, 0.5) is 10.1 Å². The fourth-order valence-electron chi connectivity index (χ4n) is 2.16. The van der Waals surface area contributed by atoms with Crippen molar-refractivity contribution < 1.29 is 21.2 Å². The molecule has 1 fully saturated rings. The normalized spacial score (nSPS) is 23.6. The van der Waals surface area contributed by atoms with Gasteiger partial charge in [0.05, 0.1) is 22.1 Å². The average molecular weight is 322 g/mol. The van der Waals surface area contributed by atoms with Gasteiger partial charge in [-0.15, -0.1) is 0 Å². The molecule has 1 aromatic rings. The van der Waals surface area contributed by atoms with Crippen LogP contribution in [0.2, 0.25) is 0 Å². The quantitative estimate of drug-likeness (QED) is 0.785. The molecule has 1 aromatic carbocycles. The number of nitrogen functional groups attached to an aromatic ring is 1. The maximum atomic E-state index is 13.1. The smallest absolute Gasteiger partial charge is 0.243 e. The highest BCUT2D eigenvalue weighted by Crippen LogP contribution is 2.24. The molecular weight excluding hydrogens is 307 g/mol. The summed E-state index contributed by atoms with van der Waals surface area (Å²) in [6, 6.07) is 2.48. The molecule has 1 aliphatic rings. The molecule has 112 valence electrons. The molecule has 1 aliphatic heterocycles. The number of anilines is 1. The van der Waals surface area contributed by atoms with Gasteiger partial charge in [-0.25, -0.2) is 21.2 Å². The van der Waals surface area contributed by atoms with E-state index in [9.17, 15) is 21.2 Å². The van der Waals surface area contributed by atoms with Crippen molar-refractivity contribution in [2.75, 3.05) is 23.8 Å². The van der Waals surface area contributed by atoms with Crippen LogP contribution in [-0.2, 0) is 19.9 Å². The Balaban J connectivity index is 2.38. The number of hydrogen-bond donors (Lipinski definition) is 1. The second-order valence-electron chi connectivity index (χ2n) is 4.76. The number of hydrogen-bond acceptors (Lipinski definition) is 5. The first-order valence-corrected chi connectivity index (χ1v) is 9.17. The van der Waals surface area contributed by atoms with Gasteiger partial charge in [-0.2, -0.15) is 4.31 Å². The van der Waals surface area contributed by atoms with Crippen LogP contribution < -0.4 is 5.73 Å². The van der Waals surface area contributed by atoms with Gasteiger partial charge in [0.25, 0.3) is 0 Å². The number of nitrogens with zero attached hydrogens (tertiary/aromatic N) is 1. The lowest BCUT2D eigenvalue weighted by Gasteiger charge is -2.32. The predicted octanol–water partition coefficient (Wildman–Crippen LogP) is 0.215. The summed E-state index contributed by atoms with van der Waals surface area (Å²) >= 11 is 0. The molecule has 0 saturated carbocycles. The Morgan fingerprint density at radius 3 is 2.60 bits per heavy atom. The standard InChI is InChI=1S/C11H15FN2O4S2/c1-8-7-19(15,16)5-4-14(8)20(17,18)9-2-3-10(12)11(13)6-9/h2-3,6,8H,4-5,7,13H2,1H3. The third-order valence-corrected chi connectivity index (χ3v) is 6.99. The third-order valence-electron chi connectivity index (χ3n) is 3.18. The Morgan fingerprint density at radius 2 is 2.05 bits per heavy atom. The van der Waals surface area contributed by atoms with Crippen LogP contribution in [0.5, 0.6) is 0 Å². The number of sulfonamides is 1. The molecule has 6 nitrogen and oxygen atoms in total. The maximum Gasteiger partial charge on any atom is 0.243 e. The zero-order chi connectivity index (χ0) is 15.1. The van der Waals surface area contributed by atoms with E-state index in [1.54, 1.807) is 0 Å². The van der Waals surface area contributed by atoms with E-state index < -0.39 is 31.7 Å². The SMILES string of the molecule is CC1CS(=O)(=O)CCN1S(=O)(=O)c1ccc(F)c(N)c1. The van der Waals surface area contributed by atoms with Crippen molar-refractivity contribution >= 4 is 25.5 Å².